The number of alkyl halides is 3. The Morgan fingerprint density at radius 1 is 1.28 bits per heavy atom. The maximum atomic E-state index is 13.0. The third-order valence-electron chi connectivity index (χ3n) is 4.93. The number of oxime groups is 1. The number of carbonyl (C=O) groups excluding carboxylic acids is 1. The Labute approximate surface area is 188 Å². The molecule has 0 saturated heterocycles. The lowest BCUT2D eigenvalue weighted by Gasteiger charge is -2.24. The van der Waals surface area contributed by atoms with Crippen molar-refractivity contribution in [2.24, 2.45) is 5.16 Å². The Kier molecular flexibility index (Phi) is 7.55. The molecule has 2 atom stereocenters. The minimum absolute atomic E-state index is 0.0485. The maximum Gasteiger partial charge on any atom is 0.425 e. The average molecular weight is 471 g/mol. The van der Waals surface area contributed by atoms with Crippen molar-refractivity contribution in [2.45, 2.75) is 50.9 Å². The number of hydrogen-bond donors (Lipinski definition) is 1. The standard InChI is InChI=1S/C21H22ClF3N4O3/c1-12(21(23,24)25)32-17-11-26-19(28-18(17)13-7-9-14(22)10-8-13)20(30)27-15-5-3-4-6-16(15)29-31-2/h7-12,15H,3-6H2,1-2H3,(H,27,30)/t12-,15-/m0/s1. The number of rotatable bonds is 6. The molecule has 1 N–H and O–H groups in total. The molecule has 1 heterocycles. The van der Waals surface area contributed by atoms with E-state index in [0.717, 1.165) is 26.0 Å². The van der Waals surface area contributed by atoms with Crippen LogP contribution in [0.3, 0.4) is 0 Å². The summed E-state index contributed by atoms with van der Waals surface area (Å²) in [4.78, 5) is 25.8. The van der Waals surface area contributed by atoms with E-state index in [1.54, 1.807) is 24.3 Å². The number of halogens is 4. The Balaban J connectivity index is 1.91. The van der Waals surface area contributed by atoms with E-state index < -0.39 is 18.2 Å². The van der Waals surface area contributed by atoms with Gasteiger partial charge in [0.2, 0.25) is 5.82 Å². The summed E-state index contributed by atoms with van der Waals surface area (Å²) in [6.07, 6.45) is -2.38. The summed E-state index contributed by atoms with van der Waals surface area (Å²) in [6, 6.07) is 5.93. The molecule has 1 aromatic heterocycles. The van der Waals surface area contributed by atoms with Crippen LogP contribution >= 0.6 is 11.6 Å². The van der Waals surface area contributed by atoms with Crippen molar-refractivity contribution >= 4 is 23.2 Å². The highest BCUT2D eigenvalue weighted by atomic mass is 35.5. The molecule has 7 nitrogen and oxygen atoms in total. The van der Waals surface area contributed by atoms with Crippen molar-refractivity contribution in [2.75, 3.05) is 7.11 Å². The second-order valence-corrected chi connectivity index (χ2v) is 7.69. The molecular formula is C21H22ClF3N4O3. The molecule has 1 aromatic carbocycles. The lowest BCUT2D eigenvalue weighted by atomic mass is 9.93. The van der Waals surface area contributed by atoms with Crippen LogP contribution in [-0.4, -0.2) is 47.0 Å². The summed E-state index contributed by atoms with van der Waals surface area (Å²) in [5, 5.41) is 7.24. The molecule has 1 aliphatic rings. The zero-order chi connectivity index (χ0) is 23.3. The van der Waals surface area contributed by atoms with Gasteiger partial charge in [0.25, 0.3) is 5.91 Å². The van der Waals surface area contributed by atoms with E-state index in [1.807, 2.05) is 0 Å². The van der Waals surface area contributed by atoms with Crippen molar-refractivity contribution < 1.29 is 27.5 Å². The first-order valence-electron chi connectivity index (χ1n) is 9.96. The summed E-state index contributed by atoms with van der Waals surface area (Å²) in [7, 11) is 1.43. The molecule has 1 amide bonds. The first-order chi connectivity index (χ1) is 15.2. The first kappa shape index (κ1) is 23.8. The fourth-order valence-electron chi connectivity index (χ4n) is 3.24. The normalized spacial score (nSPS) is 18.8. The van der Waals surface area contributed by atoms with Gasteiger partial charge in [-0.05, 0) is 38.3 Å². The molecule has 1 fully saturated rings. The molecule has 0 unspecified atom stereocenters. The number of nitrogens with zero attached hydrogens (tertiary/aromatic N) is 3. The molecule has 0 aliphatic heterocycles. The molecule has 32 heavy (non-hydrogen) atoms. The van der Waals surface area contributed by atoms with E-state index in [0.29, 0.717) is 29.1 Å². The number of amides is 1. The zero-order valence-electron chi connectivity index (χ0n) is 17.4. The van der Waals surface area contributed by atoms with Gasteiger partial charge >= 0.3 is 6.18 Å². The zero-order valence-corrected chi connectivity index (χ0v) is 18.2. The van der Waals surface area contributed by atoms with Gasteiger partial charge in [0.05, 0.1) is 18.0 Å². The molecule has 0 spiro atoms. The van der Waals surface area contributed by atoms with Crippen LogP contribution in [-0.2, 0) is 4.84 Å². The van der Waals surface area contributed by atoms with Gasteiger partial charge < -0.3 is 14.9 Å². The quantitative estimate of drug-likeness (QED) is 0.613. The highest BCUT2D eigenvalue weighted by Crippen LogP contribution is 2.32. The Hall–Kier alpha value is -2.88. The van der Waals surface area contributed by atoms with Crippen molar-refractivity contribution in [3.63, 3.8) is 0 Å². The lowest BCUT2D eigenvalue weighted by Crippen LogP contribution is -2.43. The van der Waals surface area contributed by atoms with E-state index in [9.17, 15) is 18.0 Å². The van der Waals surface area contributed by atoms with Crippen LogP contribution < -0.4 is 10.1 Å². The summed E-state index contributed by atoms with van der Waals surface area (Å²) < 4.78 is 44.1. The average Bonchev–Trinajstić information content (AvgIpc) is 2.75. The summed E-state index contributed by atoms with van der Waals surface area (Å²) in [5.74, 6) is -0.983. The predicted molar refractivity (Wildman–Crippen MR) is 113 cm³/mol. The third kappa shape index (κ3) is 5.87. The van der Waals surface area contributed by atoms with Crippen molar-refractivity contribution in [3.8, 4) is 17.0 Å². The SMILES string of the molecule is CON=C1CCCC[C@@H]1NC(=O)c1ncc(O[C@@H](C)C(F)(F)F)c(-c2ccc(Cl)cc2)n1. The van der Waals surface area contributed by atoms with Gasteiger partial charge in [-0.2, -0.15) is 13.2 Å². The number of nitrogens with one attached hydrogen (secondary N) is 1. The topological polar surface area (TPSA) is 85.7 Å². The van der Waals surface area contributed by atoms with E-state index in [2.05, 4.69) is 20.4 Å². The summed E-state index contributed by atoms with van der Waals surface area (Å²) in [5.41, 5.74) is 1.19. The lowest BCUT2D eigenvalue weighted by molar-refractivity contribution is -0.189. The minimum Gasteiger partial charge on any atom is -0.477 e. The van der Waals surface area contributed by atoms with Crippen LogP contribution in [0, 0.1) is 0 Å². The number of carbonyl (C=O) groups is 1. The highest BCUT2D eigenvalue weighted by Gasteiger charge is 2.38. The van der Waals surface area contributed by atoms with Gasteiger partial charge in [-0.1, -0.05) is 35.3 Å². The fraction of sp³-hybridized carbons (Fsp3) is 0.429. The smallest absolute Gasteiger partial charge is 0.425 e. The Bertz CT molecular complexity index is 983. The van der Waals surface area contributed by atoms with E-state index in [1.165, 1.54) is 7.11 Å². The molecule has 1 aliphatic carbocycles. The van der Waals surface area contributed by atoms with Gasteiger partial charge in [0.15, 0.2) is 11.9 Å². The summed E-state index contributed by atoms with van der Waals surface area (Å²) >= 11 is 5.91. The van der Waals surface area contributed by atoms with Crippen LogP contribution in [0.4, 0.5) is 13.2 Å². The number of ether oxygens (including phenoxy) is 1. The fourth-order valence-corrected chi connectivity index (χ4v) is 3.36. The van der Waals surface area contributed by atoms with E-state index in [-0.39, 0.29) is 23.3 Å². The molecular weight excluding hydrogens is 449 g/mol. The monoisotopic (exact) mass is 470 g/mol. The third-order valence-corrected chi connectivity index (χ3v) is 5.18. The molecule has 2 aromatic rings. The minimum atomic E-state index is -4.58. The molecule has 0 radical (unpaired) electrons. The predicted octanol–water partition coefficient (Wildman–Crippen LogP) is 4.80. The molecule has 11 heteroatoms. The second-order valence-electron chi connectivity index (χ2n) is 7.25. The van der Waals surface area contributed by atoms with Crippen LogP contribution in [0.1, 0.15) is 43.2 Å². The van der Waals surface area contributed by atoms with Gasteiger partial charge in [-0.25, -0.2) is 9.97 Å². The van der Waals surface area contributed by atoms with Crippen molar-refractivity contribution in [3.05, 3.63) is 41.3 Å². The van der Waals surface area contributed by atoms with Crippen LogP contribution in [0.5, 0.6) is 5.75 Å². The second kappa shape index (κ2) is 10.2. The summed E-state index contributed by atoms with van der Waals surface area (Å²) in [6.45, 7) is 0.881. The van der Waals surface area contributed by atoms with Crippen LogP contribution in [0.2, 0.25) is 5.02 Å². The largest absolute Gasteiger partial charge is 0.477 e. The van der Waals surface area contributed by atoms with Gasteiger partial charge in [-0.15, -0.1) is 0 Å². The number of hydrogen-bond acceptors (Lipinski definition) is 6. The Morgan fingerprint density at radius 2 is 2.00 bits per heavy atom. The number of benzene rings is 1. The number of aromatic nitrogens is 2. The molecule has 172 valence electrons. The van der Waals surface area contributed by atoms with Gasteiger partial charge in [0.1, 0.15) is 12.8 Å². The first-order valence-corrected chi connectivity index (χ1v) is 10.3. The molecule has 1 saturated carbocycles. The molecule has 0 bridgehead atoms. The van der Waals surface area contributed by atoms with E-state index >= 15 is 0 Å². The van der Waals surface area contributed by atoms with Crippen molar-refractivity contribution in [1.29, 1.82) is 0 Å². The maximum absolute atomic E-state index is 13.0. The highest BCUT2D eigenvalue weighted by molar-refractivity contribution is 6.30. The molecule has 3 rings (SSSR count). The van der Waals surface area contributed by atoms with Crippen molar-refractivity contribution in [1.82, 2.24) is 15.3 Å². The Morgan fingerprint density at radius 3 is 2.66 bits per heavy atom. The van der Waals surface area contributed by atoms with Gasteiger partial charge in [0, 0.05) is 10.6 Å². The van der Waals surface area contributed by atoms with E-state index in [4.69, 9.17) is 21.2 Å². The van der Waals surface area contributed by atoms with Gasteiger partial charge in [-0.3, -0.25) is 4.79 Å². The van der Waals surface area contributed by atoms with Crippen LogP contribution in [0.15, 0.2) is 35.6 Å². The van der Waals surface area contributed by atoms with Crippen LogP contribution in [0.25, 0.3) is 11.3 Å².